The largest absolute Gasteiger partial charge is 0.272 e. The van der Waals surface area contributed by atoms with Crippen LogP contribution >= 0.6 is 23.2 Å². The van der Waals surface area contributed by atoms with E-state index in [0.29, 0.717) is 17.1 Å². The molecular weight excluding hydrogens is 471 g/mol. The van der Waals surface area contributed by atoms with Gasteiger partial charge in [0.05, 0.1) is 33.0 Å². The second-order valence-electron chi connectivity index (χ2n) is 10.2. The second kappa shape index (κ2) is 7.40. The van der Waals surface area contributed by atoms with E-state index in [4.69, 9.17) is 33.2 Å². The maximum absolute atomic E-state index is 13.8. The lowest BCUT2D eigenvalue weighted by atomic mass is 9.63. The van der Waals surface area contributed by atoms with Gasteiger partial charge in [0.25, 0.3) is 11.8 Å². The Morgan fingerprint density at radius 3 is 2.12 bits per heavy atom. The highest BCUT2D eigenvalue weighted by Crippen LogP contribution is 2.70. The fourth-order valence-corrected chi connectivity index (χ4v) is 6.32. The van der Waals surface area contributed by atoms with Crippen molar-refractivity contribution in [3.8, 4) is 0 Å². The molecule has 5 rings (SSSR count). The third kappa shape index (κ3) is 2.88. The Balaban J connectivity index is 1.54. The molecule has 2 aliphatic rings. The number of fused-ring (bicyclic) bond motifs is 6. The monoisotopic (exact) mass is 496 g/mol. The molecular formula is C26H26Cl2N4O2. The molecule has 1 fully saturated rings. The molecule has 2 aliphatic carbocycles. The quantitative estimate of drug-likeness (QED) is 0.468. The van der Waals surface area contributed by atoms with Crippen molar-refractivity contribution in [2.45, 2.75) is 58.3 Å². The first-order valence-corrected chi connectivity index (χ1v) is 12.0. The van der Waals surface area contributed by atoms with Crippen molar-refractivity contribution in [3.63, 3.8) is 0 Å². The molecule has 1 heterocycles. The number of rotatable bonds is 2. The van der Waals surface area contributed by atoms with Gasteiger partial charge in [-0.3, -0.25) is 20.4 Å². The minimum atomic E-state index is -0.922. The van der Waals surface area contributed by atoms with Crippen LogP contribution in [0.15, 0.2) is 30.3 Å². The Kier molecular flexibility index (Phi) is 5.02. The Morgan fingerprint density at radius 2 is 1.50 bits per heavy atom. The molecule has 1 aromatic heterocycles. The number of carbonyl (C=O) groups is 2. The number of halogens is 2. The molecule has 6 nitrogen and oxygen atoms in total. The van der Waals surface area contributed by atoms with E-state index in [1.54, 1.807) is 6.07 Å². The van der Waals surface area contributed by atoms with Gasteiger partial charge in [-0.15, -0.1) is 0 Å². The lowest BCUT2D eigenvalue weighted by molar-refractivity contribution is -0.131. The summed E-state index contributed by atoms with van der Waals surface area (Å²) in [6, 6.07) is 8.67. The minimum Gasteiger partial charge on any atom is -0.272 e. The molecule has 0 spiro atoms. The highest BCUT2D eigenvalue weighted by molar-refractivity contribution is 6.36. The van der Waals surface area contributed by atoms with Gasteiger partial charge in [-0.2, -0.15) is 0 Å². The lowest BCUT2D eigenvalue weighted by Gasteiger charge is -2.39. The van der Waals surface area contributed by atoms with Crippen molar-refractivity contribution in [2.75, 3.05) is 0 Å². The molecule has 0 aliphatic heterocycles. The molecule has 2 N–H and O–H groups in total. The van der Waals surface area contributed by atoms with Gasteiger partial charge in [0.15, 0.2) is 0 Å². The Labute approximate surface area is 208 Å². The number of carbonyl (C=O) groups excluding carboxylic acids is 2. The molecule has 34 heavy (non-hydrogen) atoms. The smallest absolute Gasteiger partial charge is 0.271 e. The van der Waals surface area contributed by atoms with Gasteiger partial charge in [0, 0.05) is 10.4 Å². The number of nitrogens with one attached hydrogen (secondary N) is 2. The van der Waals surface area contributed by atoms with Crippen LogP contribution in [0.25, 0.3) is 11.0 Å². The van der Waals surface area contributed by atoms with Crippen LogP contribution in [0, 0.1) is 19.3 Å². The zero-order chi connectivity index (χ0) is 24.6. The maximum atomic E-state index is 13.8. The predicted octanol–water partition coefficient (Wildman–Crippen LogP) is 5.34. The zero-order valence-corrected chi connectivity index (χ0v) is 21.3. The molecule has 176 valence electrons. The second-order valence-corrected chi connectivity index (χ2v) is 11.1. The van der Waals surface area contributed by atoms with Crippen LogP contribution in [0.2, 0.25) is 10.0 Å². The molecule has 1 saturated carbocycles. The molecule has 0 saturated heterocycles. The van der Waals surface area contributed by atoms with E-state index in [-0.39, 0.29) is 21.9 Å². The summed E-state index contributed by atoms with van der Waals surface area (Å²) in [6.45, 7) is 10.5. The zero-order valence-electron chi connectivity index (χ0n) is 19.8. The summed E-state index contributed by atoms with van der Waals surface area (Å²) in [7, 11) is 0. The van der Waals surface area contributed by atoms with Gasteiger partial charge in [-0.25, -0.2) is 9.97 Å². The van der Waals surface area contributed by atoms with Crippen molar-refractivity contribution >= 4 is 46.0 Å². The first-order valence-electron chi connectivity index (χ1n) is 11.3. The molecule has 2 atom stereocenters. The van der Waals surface area contributed by atoms with Gasteiger partial charge in [-0.05, 0) is 73.6 Å². The van der Waals surface area contributed by atoms with Crippen molar-refractivity contribution in [3.05, 3.63) is 68.5 Å². The number of amides is 2. The van der Waals surface area contributed by atoms with Crippen LogP contribution in [0.3, 0.4) is 0 Å². The van der Waals surface area contributed by atoms with Crippen LogP contribution < -0.4 is 10.9 Å². The van der Waals surface area contributed by atoms with Crippen LogP contribution in [0.5, 0.6) is 0 Å². The molecule has 2 amide bonds. The van der Waals surface area contributed by atoms with Gasteiger partial charge in [-0.1, -0.05) is 44.0 Å². The van der Waals surface area contributed by atoms with E-state index < -0.39 is 16.7 Å². The molecule has 2 aromatic carbocycles. The standard InChI is InChI=1S/C26H26Cl2N4O2/c1-13-10-18-19(11-14(13)2)30-21-20(29-18)25(5)8-9-26(21,24(25,3)4)23(34)32-31-22(33)16-7-6-15(27)12-17(16)28/h6-7,10-12H,8-9H2,1-5H3,(H,31,33)(H,32,34). The minimum absolute atomic E-state index is 0.209. The number of benzene rings is 2. The van der Waals surface area contributed by atoms with Crippen LogP contribution in [0.1, 0.15) is 66.5 Å². The summed E-state index contributed by atoms with van der Waals surface area (Å²) >= 11 is 12.1. The summed E-state index contributed by atoms with van der Waals surface area (Å²) in [6.07, 6.45) is 1.43. The summed E-state index contributed by atoms with van der Waals surface area (Å²) in [5.41, 5.74) is 9.21. The fraction of sp³-hybridized carbons (Fsp3) is 0.385. The topological polar surface area (TPSA) is 84.0 Å². The van der Waals surface area contributed by atoms with E-state index in [9.17, 15) is 9.59 Å². The first kappa shape index (κ1) is 23.1. The lowest BCUT2D eigenvalue weighted by Crippen LogP contribution is -2.55. The van der Waals surface area contributed by atoms with Crippen LogP contribution in [0.4, 0.5) is 0 Å². The predicted molar refractivity (Wildman–Crippen MR) is 133 cm³/mol. The SMILES string of the molecule is Cc1cc2nc3c(nc2cc1C)C1(C(=O)NNC(=O)c2ccc(Cl)cc2Cl)CCC3(C)C1(C)C. The van der Waals surface area contributed by atoms with E-state index in [0.717, 1.165) is 34.3 Å². The first-order chi connectivity index (χ1) is 15.9. The average Bonchev–Trinajstić information content (AvgIpc) is 3.06. The van der Waals surface area contributed by atoms with Crippen LogP contribution in [-0.4, -0.2) is 21.8 Å². The highest BCUT2D eigenvalue weighted by Gasteiger charge is 2.73. The molecule has 2 unspecified atom stereocenters. The van der Waals surface area contributed by atoms with Crippen molar-refractivity contribution < 1.29 is 9.59 Å². The third-order valence-electron chi connectivity index (χ3n) is 8.51. The number of hydrazine groups is 1. The summed E-state index contributed by atoms with van der Waals surface area (Å²) < 4.78 is 0. The normalized spacial score (nSPS) is 24.2. The number of hydrogen-bond donors (Lipinski definition) is 2. The fourth-order valence-electron chi connectivity index (χ4n) is 5.82. The van der Waals surface area contributed by atoms with Gasteiger partial charge < -0.3 is 0 Å². The summed E-state index contributed by atoms with van der Waals surface area (Å²) in [5.74, 6) is -0.810. The van der Waals surface area contributed by atoms with Crippen molar-refractivity contribution in [1.82, 2.24) is 20.8 Å². The molecule has 3 aromatic rings. The van der Waals surface area contributed by atoms with Gasteiger partial charge >= 0.3 is 0 Å². The van der Waals surface area contributed by atoms with Crippen molar-refractivity contribution in [1.29, 1.82) is 0 Å². The van der Waals surface area contributed by atoms with E-state index >= 15 is 0 Å². The number of hydrogen-bond acceptors (Lipinski definition) is 4. The van der Waals surface area contributed by atoms with E-state index in [1.165, 1.54) is 12.1 Å². The maximum Gasteiger partial charge on any atom is 0.271 e. The Bertz CT molecular complexity index is 1400. The van der Waals surface area contributed by atoms with Gasteiger partial charge in [0.2, 0.25) is 0 Å². The van der Waals surface area contributed by atoms with Crippen molar-refractivity contribution in [2.24, 2.45) is 5.41 Å². The van der Waals surface area contributed by atoms with E-state index in [2.05, 4.69) is 44.6 Å². The number of aryl methyl sites for hydroxylation is 2. The summed E-state index contributed by atoms with van der Waals surface area (Å²) in [5, 5.41) is 0.635. The molecule has 2 bridgehead atoms. The van der Waals surface area contributed by atoms with Crippen LogP contribution in [-0.2, 0) is 15.6 Å². The number of aromatic nitrogens is 2. The third-order valence-corrected chi connectivity index (χ3v) is 9.05. The Hall–Kier alpha value is -2.70. The molecule has 0 radical (unpaired) electrons. The summed E-state index contributed by atoms with van der Waals surface area (Å²) in [4.78, 5) is 36.6. The van der Waals surface area contributed by atoms with Gasteiger partial charge in [0.1, 0.15) is 5.41 Å². The molecule has 8 heteroatoms. The number of nitrogens with zero attached hydrogens (tertiary/aromatic N) is 2. The van der Waals surface area contributed by atoms with E-state index in [1.807, 2.05) is 13.0 Å². The highest BCUT2D eigenvalue weighted by atomic mass is 35.5. The Morgan fingerprint density at radius 1 is 0.882 bits per heavy atom. The average molecular weight is 497 g/mol.